The van der Waals surface area contributed by atoms with Crippen molar-refractivity contribution in [2.75, 3.05) is 20.1 Å². The summed E-state index contributed by atoms with van der Waals surface area (Å²) in [5, 5.41) is 0. The van der Waals surface area contributed by atoms with Gasteiger partial charge in [0.25, 0.3) is 5.91 Å². The Morgan fingerprint density at radius 1 is 1.03 bits per heavy atom. The second-order valence-corrected chi connectivity index (χ2v) is 9.90. The van der Waals surface area contributed by atoms with E-state index in [1.165, 1.54) is 45.6 Å². The highest BCUT2D eigenvalue weighted by molar-refractivity contribution is 7.89. The Balaban J connectivity index is 1.67. The number of alkyl halides is 3. The van der Waals surface area contributed by atoms with Gasteiger partial charge in [-0.2, -0.15) is 17.5 Å². The molecule has 0 N–H and O–H groups in total. The SMILES string of the molecule is CC1CCN(S(=O)(=O)c2ccc(C(=O)N(C)Cc3ccc(C(F)(F)F)cc3)cc2)CC1. The lowest BCUT2D eigenvalue weighted by atomic mass is 10.0. The standard InChI is InChI=1S/C22H25F3N2O3S/c1-16-11-13-27(14-12-16)31(29,30)20-9-5-18(6-10-20)21(28)26(2)15-17-3-7-19(8-4-17)22(23,24)25/h3-10,16H,11-15H2,1-2H3. The number of benzene rings is 2. The van der Waals surface area contributed by atoms with Crippen LogP contribution in [0.15, 0.2) is 53.4 Å². The first kappa shape index (κ1) is 23.3. The van der Waals surface area contributed by atoms with Crippen LogP contribution in [0.4, 0.5) is 13.2 Å². The van der Waals surface area contributed by atoms with E-state index in [9.17, 15) is 26.4 Å². The highest BCUT2D eigenvalue weighted by Crippen LogP contribution is 2.29. The molecule has 9 heteroatoms. The van der Waals surface area contributed by atoms with Crippen molar-refractivity contribution in [1.29, 1.82) is 0 Å². The predicted octanol–water partition coefficient (Wildman–Crippen LogP) is 4.40. The van der Waals surface area contributed by atoms with Crippen LogP contribution in [0.1, 0.15) is 41.3 Å². The number of hydrogen-bond acceptors (Lipinski definition) is 3. The van der Waals surface area contributed by atoms with Gasteiger partial charge in [-0.3, -0.25) is 4.79 Å². The van der Waals surface area contributed by atoms with Gasteiger partial charge in [-0.05, 0) is 60.7 Å². The molecule has 1 heterocycles. The molecular formula is C22H25F3N2O3S. The molecule has 31 heavy (non-hydrogen) atoms. The first-order valence-corrected chi connectivity index (χ1v) is 11.4. The molecule has 0 saturated carbocycles. The van der Waals surface area contributed by atoms with Crippen molar-refractivity contribution in [2.45, 2.75) is 37.4 Å². The number of carbonyl (C=O) groups excluding carboxylic acids is 1. The molecule has 1 amide bonds. The number of hydrogen-bond donors (Lipinski definition) is 0. The minimum absolute atomic E-state index is 0.128. The van der Waals surface area contributed by atoms with E-state index >= 15 is 0 Å². The number of halogens is 3. The van der Waals surface area contributed by atoms with Gasteiger partial charge in [0.15, 0.2) is 0 Å². The van der Waals surface area contributed by atoms with Crippen molar-refractivity contribution in [3.63, 3.8) is 0 Å². The smallest absolute Gasteiger partial charge is 0.337 e. The van der Waals surface area contributed by atoms with Gasteiger partial charge in [0.2, 0.25) is 10.0 Å². The van der Waals surface area contributed by atoms with E-state index in [0.717, 1.165) is 25.0 Å². The average Bonchev–Trinajstić information content (AvgIpc) is 2.73. The average molecular weight is 455 g/mol. The van der Waals surface area contributed by atoms with Crippen LogP contribution >= 0.6 is 0 Å². The summed E-state index contributed by atoms with van der Waals surface area (Å²) < 4.78 is 65.1. The van der Waals surface area contributed by atoms with Crippen LogP contribution in [0.5, 0.6) is 0 Å². The van der Waals surface area contributed by atoms with Gasteiger partial charge in [-0.1, -0.05) is 19.1 Å². The molecule has 2 aromatic rings. The molecular weight excluding hydrogens is 429 g/mol. The van der Waals surface area contributed by atoms with Crippen LogP contribution in [-0.4, -0.2) is 43.7 Å². The molecule has 0 spiro atoms. The van der Waals surface area contributed by atoms with Gasteiger partial charge in [0, 0.05) is 32.2 Å². The number of carbonyl (C=O) groups is 1. The molecule has 3 rings (SSSR count). The molecule has 0 aromatic heterocycles. The number of amides is 1. The van der Waals surface area contributed by atoms with Gasteiger partial charge in [-0.15, -0.1) is 0 Å². The Hall–Kier alpha value is -2.39. The van der Waals surface area contributed by atoms with Crippen molar-refractivity contribution in [2.24, 2.45) is 5.92 Å². The van der Waals surface area contributed by atoms with Crippen molar-refractivity contribution in [3.8, 4) is 0 Å². The summed E-state index contributed by atoms with van der Waals surface area (Å²) in [6.07, 6.45) is -2.76. The molecule has 5 nitrogen and oxygen atoms in total. The Labute approximate surface area is 180 Å². The topological polar surface area (TPSA) is 57.7 Å². The summed E-state index contributed by atoms with van der Waals surface area (Å²) in [6.45, 7) is 3.20. The predicted molar refractivity (Wildman–Crippen MR) is 111 cm³/mol. The van der Waals surface area contributed by atoms with Gasteiger partial charge >= 0.3 is 6.18 Å². The molecule has 2 aromatic carbocycles. The third kappa shape index (κ3) is 5.46. The molecule has 168 valence electrons. The third-order valence-corrected chi connectivity index (χ3v) is 7.44. The molecule has 0 radical (unpaired) electrons. The van der Waals surface area contributed by atoms with Gasteiger partial charge in [0.05, 0.1) is 10.5 Å². The maximum atomic E-state index is 12.8. The molecule has 1 aliphatic heterocycles. The van der Waals surface area contributed by atoms with Crippen molar-refractivity contribution < 1.29 is 26.4 Å². The Kier molecular flexibility index (Phi) is 6.76. The van der Waals surface area contributed by atoms with Gasteiger partial charge in [0.1, 0.15) is 0 Å². The van der Waals surface area contributed by atoms with Crippen LogP contribution in [-0.2, 0) is 22.7 Å². The van der Waals surface area contributed by atoms with E-state index in [0.29, 0.717) is 30.1 Å². The second kappa shape index (κ2) is 9.00. The maximum absolute atomic E-state index is 12.8. The van der Waals surface area contributed by atoms with E-state index in [1.54, 1.807) is 7.05 Å². The number of rotatable bonds is 5. The lowest BCUT2D eigenvalue weighted by Crippen LogP contribution is -2.37. The third-order valence-electron chi connectivity index (χ3n) is 5.53. The fourth-order valence-electron chi connectivity index (χ4n) is 3.51. The van der Waals surface area contributed by atoms with Crippen molar-refractivity contribution in [1.82, 2.24) is 9.21 Å². The molecule has 0 aliphatic carbocycles. The zero-order valence-electron chi connectivity index (χ0n) is 17.4. The fraction of sp³-hybridized carbons (Fsp3) is 0.409. The fourth-order valence-corrected chi connectivity index (χ4v) is 4.98. The Morgan fingerprint density at radius 3 is 2.10 bits per heavy atom. The van der Waals surface area contributed by atoms with E-state index in [4.69, 9.17) is 0 Å². The Bertz CT molecular complexity index is 1010. The lowest BCUT2D eigenvalue weighted by molar-refractivity contribution is -0.137. The molecule has 0 bridgehead atoms. The summed E-state index contributed by atoms with van der Waals surface area (Å²) in [4.78, 5) is 14.2. The highest BCUT2D eigenvalue weighted by Gasteiger charge is 2.30. The zero-order chi connectivity index (χ0) is 22.8. The first-order chi connectivity index (χ1) is 14.5. The Morgan fingerprint density at radius 2 is 1.58 bits per heavy atom. The summed E-state index contributed by atoms with van der Waals surface area (Å²) in [7, 11) is -2.06. The first-order valence-electron chi connectivity index (χ1n) is 10.0. The van der Waals surface area contributed by atoms with Crippen LogP contribution in [0.2, 0.25) is 0 Å². The van der Waals surface area contributed by atoms with Crippen LogP contribution < -0.4 is 0 Å². The molecule has 0 unspecified atom stereocenters. The van der Waals surface area contributed by atoms with E-state index in [2.05, 4.69) is 6.92 Å². The number of nitrogens with zero attached hydrogens (tertiary/aromatic N) is 2. The second-order valence-electron chi connectivity index (χ2n) is 7.97. The van der Waals surface area contributed by atoms with Crippen LogP contribution in [0.25, 0.3) is 0 Å². The molecule has 1 aliphatic rings. The number of sulfonamides is 1. The quantitative estimate of drug-likeness (QED) is 0.673. The van der Waals surface area contributed by atoms with Gasteiger partial charge in [-0.25, -0.2) is 8.42 Å². The maximum Gasteiger partial charge on any atom is 0.416 e. The summed E-state index contributed by atoms with van der Waals surface area (Å²) in [5.74, 6) is 0.155. The van der Waals surface area contributed by atoms with Crippen LogP contribution in [0, 0.1) is 5.92 Å². The zero-order valence-corrected chi connectivity index (χ0v) is 18.2. The van der Waals surface area contributed by atoms with Gasteiger partial charge < -0.3 is 4.90 Å². The minimum atomic E-state index is -4.41. The molecule has 0 atom stereocenters. The monoisotopic (exact) mass is 454 g/mol. The lowest BCUT2D eigenvalue weighted by Gasteiger charge is -2.29. The summed E-state index contributed by atoms with van der Waals surface area (Å²) in [5.41, 5.74) is 0.119. The number of piperidine rings is 1. The van der Waals surface area contributed by atoms with E-state index in [1.807, 2.05) is 0 Å². The molecule has 1 saturated heterocycles. The van der Waals surface area contributed by atoms with Crippen LogP contribution in [0.3, 0.4) is 0 Å². The highest BCUT2D eigenvalue weighted by atomic mass is 32.2. The van der Waals surface area contributed by atoms with Crippen molar-refractivity contribution >= 4 is 15.9 Å². The summed E-state index contributed by atoms with van der Waals surface area (Å²) >= 11 is 0. The largest absolute Gasteiger partial charge is 0.416 e. The van der Waals surface area contributed by atoms with E-state index < -0.39 is 21.8 Å². The van der Waals surface area contributed by atoms with E-state index in [-0.39, 0.29) is 17.3 Å². The normalized spacial score (nSPS) is 16.3. The minimum Gasteiger partial charge on any atom is -0.337 e. The molecule has 1 fully saturated rings. The summed E-state index contributed by atoms with van der Waals surface area (Å²) in [6, 6.07) is 10.4. The van der Waals surface area contributed by atoms with Crippen molar-refractivity contribution in [3.05, 3.63) is 65.2 Å².